The van der Waals surface area contributed by atoms with Crippen LogP contribution < -0.4 is 11.3 Å². The molecule has 2 heterocycles. The molecule has 30 heavy (non-hydrogen) atoms. The molecule has 2 aromatic carbocycles. The highest BCUT2D eigenvalue weighted by atomic mass is 32.2. The molecule has 0 radical (unpaired) electrons. The average Bonchev–Trinajstić information content (AvgIpc) is 3.11. The maximum Gasteiger partial charge on any atom is 0.242 e. The number of rotatable bonds is 4. The van der Waals surface area contributed by atoms with Gasteiger partial charge in [0.15, 0.2) is 11.1 Å². The first kappa shape index (κ1) is 19.9. The fourth-order valence-electron chi connectivity index (χ4n) is 3.30. The summed E-state index contributed by atoms with van der Waals surface area (Å²) < 4.78 is 29.0. The zero-order valence-corrected chi connectivity index (χ0v) is 17.7. The highest BCUT2D eigenvalue weighted by Crippen LogP contribution is 2.30. The first-order chi connectivity index (χ1) is 14.2. The molecule has 4 rings (SSSR count). The summed E-state index contributed by atoms with van der Waals surface area (Å²) in [6.07, 6.45) is 3.31. The predicted molar refractivity (Wildman–Crippen MR) is 116 cm³/mol. The Balaban J connectivity index is 1.94. The van der Waals surface area contributed by atoms with Crippen LogP contribution in [0, 0.1) is 12.3 Å². The molecule has 8 nitrogen and oxygen atoms in total. The van der Waals surface area contributed by atoms with Gasteiger partial charge in [0.1, 0.15) is 6.33 Å². The first-order valence-corrected chi connectivity index (χ1v) is 10.7. The number of benzene rings is 2. The molecule has 0 spiro atoms. The minimum absolute atomic E-state index is 0.117. The van der Waals surface area contributed by atoms with Gasteiger partial charge >= 0.3 is 0 Å². The Kier molecular flexibility index (Phi) is 4.71. The molecule has 0 aliphatic rings. The van der Waals surface area contributed by atoms with E-state index in [9.17, 15) is 8.42 Å². The monoisotopic (exact) mass is 422 g/mol. The van der Waals surface area contributed by atoms with Crippen LogP contribution in [0.5, 0.6) is 0 Å². The molecule has 0 atom stereocenters. The fraction of sp³-hybridized carbons (Fsp3) is 0.143. The number of hydrogen-bond acceptors (Lipinski definition) is 5. The summed E-state index contributed by atoms with van der Waals surface area (Å²) in [5.74, 6) is 5.89. The van der Waals surface area contributed by atoms with Crippen LogP contribution in [0.15, 0.2) is 66.0 Å². The smallest absolute Gasteiger partial charge is 0.242 e. The van der Waals surface area contributed by atoms with Gasteiger partial charge < -0.3 is 10.4 Å². The number of hydrogen-bond donors (Lipinski definition) is 2. The SMILES string of the molecule is Cc1ccc(-n2cc(-c3ccc(S(=O)(=O)N(C)C)cc3)c3c(=N)n(N)cnc32)cc1. The summed E-state index contributed by atoms with van der Waals surface area (Å²) in [6.45, 7) is 2.02. The van der Waals surface area contributed by atoms with Crippen molar-refractivity contribution in [2.75, 3.05) is 19.9 Å². The minimum Gasteiger partial charge on any atom is -0.336 e. The quantitative estimate of drug-likeness (QED) is 0.492. The van der Waals surface area contributed by atoms with Crippen LogP contribution in [0.2, 0.25) is 0 Å². The van der Waals surface area contributed by atoms with Crippen LogP contribution in [0.3, 0.4) is 0 Å². The van der Waals surface area contributed by atoms with Crippen LogP contribution in [-0.4, -0.2) is 41.0 Å². The second kappa shape index (κ2) is 7.12. The number of aromatic nitrogens is 3. The normalized spacial score (nSPS) is 12.0. The van der Waals surface area contributed by atoms with E-state index in [1.807, 2.05) is 42.0 Å². The molecule has 154 valence electrons. The van der Waals surface area contributed by atoms with Crippen LogP contribution >= 0.6 is 0 Å². The number of fused-ring (bicyclic) bond motifs is 1. The summed E-state index contributed by atoms with van der Waals surface area (Å²) in [6, 6.07) is 14.6. The van der Waals surface area contributed by atoms with Gasteiger partial charge in [0.2, 0.25) is 10.0 Å². The van der Waals surface area contributed by atoms with E-state index in [1.54, 1.807) is 24.3 Å². The van der Waals surface area contributed by atoms with E-state index < -0.39 is 10.0 Å². The second-order valence-electron chi connectivity index (χ2n) is 7.26. The number of nitrogen functional groups attached to an aromatic ring is 1. The summed E-state index contributed by atoms with van der Waals surface area (Å²) >= 11 is 0. The summed E-state index contributed by atoms with van der Waals surface area (Å²) in [5, 5.41) is 9.06. The van der Waals surface area contributed by atoms with Crippen molar-refractivity contribution in [1.82, 2.24) is 18.5 Å². The van der Waals surface area contributed by atoms with Crippen LogP contribution in [-0.2, 0) is 10.0 Å². The Morgan fingerprint density at radius 3 is 2.27 bits per heavy atom. The lowest BCUT2D eigenvalue weighted by atomic mass is 10.1. The summed E-state index contributed by atoms with van der Waals surface area (Å²) in [5.41, 5.74) is 4.28. The van der Waals surface area contributed by atoms with Gasteiger partial charge in [0.25, 0.3) is 0 Å². The number of sulfonamides is 1. The molecular weight excluding hydrogens is 400 g/mol. The van der Waals surface area contributed by atoms with Crippen LogP contribution in [0.1, 0.15) is 5.56 Å². The zero-order valence-electron chi connectivity index (χ0n) is 16.9. The van der Waals surface area contributed by atoms with E-state index in [0.29, 0.717) is 11.0 Å². The van der Waals surface area contributed by atoms with E-state index in [4.69, 9.17) is 11.3 Å². The minimum atomic E-state index is -3.52. The molecule has 0 amide bonds. The first-order valence-electron chi connectivity index (χ1n) is 9.22. The largest absolute Gasteiger partial charge is 0.336 e. The molecule has 0 unspecified atom stereocenters. The molecule has 0 aliphatic heterocycles. The molecule has 9 heteroatoms. The zero-order chi connectivity index (χ0) is 21.6. The average molecular weight is 423 g/mol. The van der Waals surface area contributed by atoms with Gasteiger partial charge in [0.05, 0.1) is 10.3 Å². The number of nitrogens with one attached hydrogen (secondary N) is 1. The number of aryl methyl sites for hydroxylation is 1. The Labute approximate surface area is 174 Å². The maximum absolute atomic E-state index is 12.4. The van der Waals surface area contributed by atoms with Crippen molar-refractivity contribution in [1.29, 1.82) is 5.41 Å². The highest BCUT2D eigenvalue weighted by molar-refractivity contribution is 7.89. The standard InChI is InChI=1S/C21H22N6O2S/c1-14-4-8-16(9-5-14)26-12-18(19-20(22)27(23)13-24-21(19)26)15-6-10-17(11-7-15)30(28,29)25(2)3/h4-13,22H,23H2,1-3H3. The van der Waals surface area contributed by atoms with Gasteiger partial charge in [-0.15, -0.1) is 0 Å². The molecule has 0 saturated carbocycles. The molecular formula is C21H22N6O2S. The van der Waals surface area contributed by atoms with Crippen molar-refractivity contribution in [2.24, 2.45) is 0 Å². The van der Waals surface area contributed by atoms with Gasteiger partial charge in [-0.05, 0) is 36.8 Å². The van der Waals surface area contributed by atoms with Crippen molar-refractivity contribution >= 4 is 21.1 Å². The van der Waals surface area contributed by atoms with E-state index in [1.165, 1.54) is 24.7 Å². The third-order valence-electron chi connectivity index (χ3n) is 5.03. The van der Waals surface area contributed by atoms with Gasteiger partial charge in [-0.25, -0.2) is 22.4 Å². The molecule has 0 fully saturated rings. The van der Waals surface area contributed by atoms with E-state index >= 15 is 0 Å². The predicted octanol–water partition coefficient (Wildman–Crippen LogP) is 2.25. The van der Waals surface area contributed by atoms with Crippen molar-refractivity contribution in [3.05, 3.63) is 72.1 Å². The lowest BCUT2D eigenvalue weighted by molar-refractivity contribution is 0.521. The summed E-state index contributed by atoms with van der Waals surface area (Å²) in [4.78, 5) is 4.65. The summed E-state index contributed by atoms with van der Waals surface area (Å²) in [7, 11) is -0.527. The van der Waals surface area contributed by atoms with Gasteiger partial charge in [0, 0.05) is 31.5 Å². The Morgan fingerprint density at radius 2 is 1.67 bits per heavy atom. The molecule has 2 aromatic heterocycles. The van der Waals surface area contributed by atoms with Gasteiger partial charge in [-0.1, -0.05) is 29.8 Å². The third-order valence-corrected chi connectivity index (χ3v) is 6.86. The van der Waals surface area contributed by atoms with Crippen LogP contribution in [0.25, 0.3) is 27.8 Å². The Morgan fingerprint density at radius 1 is 1.03 bits per heavy atom. The third kappa shape index (κ3) is 3.17. The van der Waals surface area contributed by atoms with Crippen molar-refractivity contribution in [2.45, 2.75) is 11.8 Å². The second-order valence-corrected chi connectivity index (χ2v) is 9.41. The highest BCUT2D eigenvalue weighted by Gasteiger charge is 2.19. The molecule has 0 bridgehead atoms. The fourth-order valence-corrected chi connectivity index (χ4v) is 4.20. The molecule has 4 aromatic rings. The van der Waals surface area contributed by atoms with Crippen molar-refractivity contribution in [3.63, 3.8) is 0 Å². The Hall–Kier alpha value is -3.43. The molecule has 3 N–H and O–H groups in total. The maximum atomic E-state index is 12.4. The molecule has 0 aliphatic carbocycles. The van der Waals surface area contributed by atoms with Crippen molar-refractivity contribution < 1.29 is 8.42 Å². The van der Waals surface area contributed by atoms with Crippen LogP contribution in [0.4, 0.5) is 0 Å². The molecule has 0 saturated heterocycles. The van der Waals surface area contributed by atoms with Gasteiger partial charge in [-0.3, -0.25) is 5.41 Å². The van der Waals surface area contributed by atoms with E-state index in [2.05, 4.69) is 4.98 Å². The van der Waals surface area contributed by atoms with E-state index in [0.717, 1.165) is 27.1 Å². The lowest BCUT2D eigenvalue weighted by Gasteiger charge is -2.11. The lowest BCUT2D eigenvalue weighted by Crippen LogP contribution is -2.27. The van der Waals surface area contributed by atoms with Crippen molar-refractivity contribution in [3.8, 4) is 16.8 Å². The van der Waals surface area contributed by atoms with Gasteiger partial charge in [-0.2, -0.15) is 0 Å². The topological polar surface area (TPSA) is 110 Å². The number of nitrogens with two attached hydrogens (primary N) is 1. The van der Waals surface area contributed by atoms with E-state index in [-0.39, 0.29) is 10.4 Å². The number of nitrogens with zero attached hydrogens (tertiary/aromatic N) is 4. The Bertz CT molecular complexity index is 1400.